The van der Waals surface area contributed by atoms with E-state index in [-0.39, 0.29) is 5.91 Å². The largest absolute Gasteiger partial charge is 0.417 e. The molecule has 0 unspecified atom stereocenters. The van der Waals surface area contributed by atoms with Gasteiger partial charge in [0.1, 0.15) is 5.82 Å². The van der Waals surface area contributed by atoms with Gasteiger partial charge in [-0.05, 0) is 42.8 Å². The fourth-order valence-electron chi connectivity index (χ4n) is 3.45. The Bertz CT molecular complexity index is 1070. The van der Waals surface area contributed by atoms with Crippen molar-refractivity contribution in [2.45, 2.75) is 12.6 Å². The van der Waals surface area contributed by atoms with Gasteiger partial charge in [0.05, 0.1) is 11.3 Å². The molecule has 0 atom stereocenters. The molecule has 3 aromatic rings. The van der Waals surface area contributed by atoms with E-state index >= 15 is 0 Å². The van der Waals surface area contributed by atoms with Gasteiger partial charge in [-0.25, -0.2) is 9.67 Å². The Labute approximate surface area is 181 Å². The van der Waals surface area contributed by atoms with Crippen molar-refractivity contribution in [1.82, 2.24) is 19.7 Å². The van der Waals surface area contributed by atoms with Gasteiger partial charge in [0.15, 0.2) is 5.69 Å². The lowest BCUT2D eigenvalue weighted by molar-refractivity contribution is -0.137. The molecule has 1 fully saturated rings. The second kappa shape index (κ2) is 8.58. The second-order valence-corrected chi connectivity index (χ2v) is 7.60. The van der Waals surface area contributed by atoms with Crippen LogP contribution < -0.4 is 4.90 Å². The normalized spacial score (nSPS) is 15.1. The molecule has 6 nitrogen and oxygen atoms in total. The van der Waals surface area contributed by atoms with Crippen LogP contribution >= 0.6 is 11.6 Å². The van der Waals surface area contributed by atoms with Crippen LogP contribution in [0.25, 0.3) is 5.69 Å². The van der Waals surface area contributed by atoms with E-state index in [1.165, 1.54) is 6.07 Å². The SMILES string of the molecule is O=C(c1ccn(-c2cccc(Cl)c2)n1)N1CCCN(c2ccc(C(F)(F)F)cn2)CC1. The van der Waals surface area contributed by atoms with E-state index in [2.05, 4.69) is 10.1 Å². The highest BCUT2D eigenvalue weighted by molar-refractivity contribution is 6.30. The topological polar surface area (TPSA) is 54.3 Å². The number of hydrogen-bond acceptors (Lipinski definition) is 4. The molecule has 3 heterocycles. The van der Waals surface area contributed by atoms with Gasteiger partial charge >= 0.3 is 6.18 Å². The van der Waals surface area contributed by atoms with E-state index in [0.29, 0.717) is 49.1 Å². The maximum Gasteiger partial charge on any atom is 0.417 e. The van der Waals surface area contributed by atoms with Crippen LogP contribution in [0.15, 0.2) is 54.9 Å². The zero-order chi connectivity index (χ0) is 22.0. The average molecular weight is 450 g/mol. The summed E-state index contributed by atoms with van der Waals surface area (Å²) in [7, 11) is 0. The number of benzene rings is 1. The smallest absolute Gasteiger partial charge is 0.355 e. The summed E-state index contributed by atoms with van der Waals surface area (Å²) in [4.78, 5) is 20.5. The number of rotatable bonds is 3. The molecule has 0 N–H and O–H groups in total. The van der Waals surface area contributed by atoms with Crippen LogP contribution in [-0.2, 0) is 6.18 Å². The van der Waals surface area contributed by atoms with Crippen molar-refractivity contribution in [3.63, 3.8) is 0 Å². The molecule has 1 amide bonds. The van der Waals surface area contributed by atoms with Gasteiger partial charge in [-0.15, -0.1) is 0 Å². The highest BCUT2D eigenvalue weighted by Crippen LogP contribution is 2.29. The number of nitrogens with zero attached hydrogens (tertiary/aromatic N) is 5. The molecule has 162 valence electrons. The number of halogens is 4. The van der Waals surface area contributed by atoms with Gasteiger partial charge in [0.2, 0.25) is 0 Å². The molecule has 0 saturated carbocycles. The predicted octanol–water partition coefficient (Wildman–Crippen LogP) is 4.29. The number of anilines is 1. The summed E-state index contributed by atoms with van der Waals surface area (Å²) in [5.74, 6) is 0.274. The van der Waals surface area contributed by atoms with Gasteiger partial charge in [-0.3, -0.25) is 4.79 Å². The maximum absolute atomic E-state index is 12.9. The summed E-state index contributed by atoms with van der Waals surface area (Å²) in [5, 5.41) is 4.95. The Morgan fingerprint density at radius 2 is 1.87 bits per heavy atom. The number of carbonyl (C=O) groups is 1. The van der Waals surface area contributed by atoms with Gasteiger partial charge in [0.25, 0.3) is 5.91 Å². The molecule has 1 saturated heterocycles. The quantitative estimate of drug-likeness (QED) is 0.598. The Morgan fingerprint density at radius 3 is 2.58 bits per heavy atom. The van der Waals surface area contributed by atoms with Gasteiger partial charge < -0.3 is 9.80 Å². The summed E-state index contributed by atoms with van der Waals surface area (Å²) >= 11 is 6.02. The molecule has 1 aromatic carbocycles. The van der Waals surface area contributed by atoms with Crippen LogP contribution in [0.2, 0.25) is 5.02 Å². The van der Waals surface area contributed by atoms with E-state index in [1.54, 1.807) is 40.0 Å². The molecular formula is C21H19ClF3N5O. The van der Waals surface area contributed by atoms with E-state index in [0.717, 1.165) is 18.0 Å². The highest BCUT2D eigenvalue weighted by atomic mass is 35.5. The minimum absolute atomic E-state index is 0.192. The third kappa shape index (κ3) is 4.82. The van der Waals surface area contributed by atoms with Crippen molar-refractivity contribution in [2.24, 2.45) is 0 Å². The van der Waals surface area contributed by atoms with Crippen molar-refractivity contribution in [2.75, 3.05) is 31.1 Å². The molecule has 0 spiro atoms. The lowest BCUT2D eigenvalue weighted by Gasteiger charge is -2.22. The number of alkyl halides is 3. The van der Waals surface area contributed by atoms with Crippen LogP contribution in [0.3, 0.4) is 0 Å². The van der Waals surface area contributed by atoms with Crippen LogP contribution in [0, 0.1) is 0 Å². The number of hydrogen-bond donors (Lipinski definition) is 0. The molecule has 31 heavy (non-hydrogen) atoms. The number of carbonyl (C=O) groups excluding carboxylic acids is 1. The molecule has 0 bridgehead atoms. The average Bonchev–Trinajstić information content (AvgIpc) is 3.11. The first-order valence-electron chi connectivity index (χ1n) is 9.70. The number of amides is 1. The first-order valence-corrected chi connectivity index (χ1v) is 10.1. The van der Waals surface area contributed by atoms with E-state index < -0.39 is 11.7 Å². The molecule has 10 heteroatoms. The molecule has 1 aliphatic heterocycles. The van der Waals surface area contributed by atoms with Crippen LogP contribution in [0.1, 0.15) is 22.5 Å². The van der Waals surface area contributed by atoms with Crippen LogP contribution in [0.5, 0.6) is 0 Å². The Morgan fingerprint density at radius 1 is 1.03 bits per heavy atom. The highest BCUT2D eigenvalue weighted by Gasteiger charge is 2.31. The molecular weight excluding hydrogens is 431 g/mol. The summed E-state index contributed by atoms with van der Waals surface area (Å²) < 4.78 is 39.8. The zero-order valence-electron chi connectivity index (χ0n) is 16.4. The summed E-state index contributed by atoms with van der Waals surface area (Å²) in [6, 6.07) is 11.2. The van der Waals surface area contributed by atoms with Gasteiger partial charge in [-0.1, -0.05) is 17.7 Å². The van der Waals surface area contributed by atoms with E-state index in [4.69, 9.17) is 11.6 Å². The lowest BCUT2D eigenvalue weighted by atomic mass is 10.2. The Hall–Kier alpha value is -3.07. The minimum atomic E-state index is -4.41. The van der Waals surface area contributed by atoms with Crippen molar-refractivity contribution in [3.8, 4) is 5.69 Å². The Balaban J connectivity index is 1.42. The third-order valence-corrected chi connectivity index (χ3v) is 5.30. The minimum Gasteiger partial charge on any atom is -0.355 e. The fourth-order valence-corrected chi connectivity index (χ4v) is 3.64. The molecule has 1 aliphatic rings. The summed E-state index contributed by atoms with van der Waals surface area (Å²) in [6.07, 6.45) is -1.20. The molecule has 2 aromatic heterocycles. The zero-order valence-corrected chi connectivity index (χ0v) is 17.1. The van der Waals surface area contributed by atoms with Crippen molar-refractivity contribution < 1.29 is 18.0 Å². The van der Waals surface area contributed by atoms with E-state index in [9.17, 15) is 18.0 Å². The monoisotopic (exact) mass is 449 g/mol. The predicted molar refractivity (Wildman–Crippen MR) is 111 cm³/mol. The first kappa shape index (κ1) is 21.2. The van der Waals surface area contributed by atoms with Crippen LogP contribution in [-0.4, -0.2) is 51.8 Å². The van der Waals surface area contributed by atoms with Crippen LogP contribution in [0.4, 0.5) is 19.0 Å². The van der Waals surface area contributed by atoms with E-state index in [1.807, 2.05) is 11.0 Å². The number of pyridine rings is 1. The van der Waals surface area contributed by atoms with Gasteiger partial charge in [-0.2, -0.15) is 18.3 Å². The van der Waals surface area contributed by atoms with Crippen molar-refractivity contribution in [3.05, 3.63) is 71.1 Å². The molecule has 0 aliphatic carbocycles. The molecule has 4 rings (SSSR count). The third-order valence-electron chi connectivity index (χ3n) is 5.06. The fraction of sp³-hybridized carbons (Fsp3) is 0.286. The molecule has 0 radical (unpaired) electrons. The maximum atomic E-state index is 12.9. The second-order valence-electron chi connectivity index (χ2n) is 7.16. The Kier molecular flexibility index (Phi) is 5.86. The summed E-state index contributed by atoms with van der Waals surface area (Å²) in [5.41, 5.74) is 0.293. The number of aromatic nitrogens is 3. The lowest BCUT2D eigenvalue weighted by Crippen LogP contribution is -2.35. The van der Waals surface area contributed by atoms with Gasteiger partial charge in [0, 0.05) is 43.6 Å². The first-order chi connectivity index (χ1) is 14.8. The summed E-state index contributed by atoms with van der Waals surface area (Å²) in [6.45, 7) is 2.02. The van der Waals surface area contributed by atoms with Crippen molar-refractivity contribution in [1.29, 1.82) is 0 Å². The van der Waals surface area contributed by atoms with Crippen molar-refractivity contribution >= 4 is 23.3 Å². The standard InChI is InChI=1S/C21H19ClF3N5O/c22-16-3-1-4-17(13-16)30-10-7-18(27-30)20(31)29-9-2-8-28(11-12-29)19-6-5-15(14-26-19)21(23,24)25/h1,3-7,10,13-14H,2,8-9,11-12H2.